The number of aromatic carboxylic acids is 1. The van der Waals surface area contributed by atoms with E-state index < -0.39 is 11.6 Å². The van der Waals surface area contributed by atoms with E-state index in [1.165, 1.54) is 18.3 Å². The van der Waals surface area contributed by atoms with E-state index in [-0.39, 0.29) is 11.6 Å². The molecule has 1 saturated heterocycles. The number of rotatable bonds is 3. The second-order valence-electron chi connectivity index (χ2n) is 5.94. The van der Waals surface area contributed by atoms with Crippen molar-refractivity contribution in [2.24, 2.45) is 7.05 Å². The Balaban J connectivity index is 1.83. The highest BCUT2D eigenvalue weighted by Crippen LogP contribution is 2.29. The normalized spacial score (nSPS) is 20.8. The summed E-state index contributed by atoms with van der Waals surface area (Å²) in [6.07, 6.45) is 4.92. The quantitative estimate of drug-likeness (QED) is 0.898. The number of hydrogen-bond acceptors (Lipinski definition) is 5. The molecule has 8 heteroatoms. The Kier molecular flexibility index (Phi) is 4.06. The van der Waals surface area contributed by atoms with E-state index in [1.54, 1.807) is 15.8 Å². The van der Waals surface area contributed by atoms with E-state index in [0.29, 0.717) is 25.3 Å². The predicted molar refractivity (Wildman–Crippen MR) is 83.6 cm³/mol. The second kappa shape index (κ2) is 6.04. The zero-order valence-corrected chi connectivity index (χ0v) is 13.5. The van der Waals surface area contributed by atoms with Crippen molar-refractivity contribution < 1.29 is 19.4 Å². The van der Waals surface area contributed by atoms with E-state index in [0.717, 1.165) is 5.56 Å². The van der Waals surface area contributed by atoms with Gasteiger partial charge in [0.2, 0.25) is 0 Å². The number of carbonyl (C=O) groups is 2. The zero-order valence-electron chi connectivity index (χ0n) is 13.5. The molecule has 1 amide bonds. The number of carboxylic acid groups (broad SMARTS) is 1. The van der Waals surface area contributed by atoms with Gasteiger partial charge in [-0.05, 0) is 19.1 Å². The van der Waals surface area contributed by atoms with Gasteiger partial charge >= 0.3 is 5.97 Å². The third kappa shape index (κ3) is 3.00. The van der Waals surface area contributed by atoms with Crippen LogP contribution >= 0.6 is 0 Å². The number of nitrogens with zero attached hydrogens (tertiary/aromatic N) is 4. The molecule has 0 aromatic carbocycles. The summed E-state index contributed by atoms with van der Waals surface area (Å²) in [5, 5.41) is 13.2. The van der Waals surface area contributed by atoms with Gasteiger partial charge < -0.3 is 14.7 Å². The summed E-state index contributed by atoms with van der Waals surface area (Å²) in [4.78, 5) is 29.2. The lowest BCUT2D eigenvalue weighted by atomic mass is 9.96. The molecular formula is C16H18N4O4. The fourth-order valence-corrected chi connectivity index (χ4v) is 2.78. The Hall–Kier alpha value is -2.74. The fraction of sp³-hybridized carbons (Fsp3) is 0.375. The van der Waals surface area contributed by atoms with Gasteiger partial charge in [-0.25, -0.2) is 9.78 Å². The van der Waals surface area contributed by atoms with Gasteiger partial charge in [-0.2, -0.15) is 5.10 Å². The maximum Gasteiger partial charge on any atom is 0.354 e. The van der Waals surface area contributed by atoms with Gasteiger partial charge in [0.25, 0.3) is 5.91 Å². The van der Waals surface area contributed by atoms with Crippen LogP contribution in [0.25, 0.3) is 0 Å². The molecule has 1 N–H and O–H groups in total. The predicted octanol–water partition coefficient (Wildman–Crippen LogP) is 0.901. The monoisotopic (exact) mass is 330 g/mol. The molecule has 2 aromatic heterocycles. The van der Waals surface area contributed by atoms with Crippen LogP contribution in [0.3, 0.4) is 0 Å². The van der Waals surface area contributed by atoms with Crippen LogP contribution in [0.4, 0.5) is 0 Å². The molecule has 1 atom stereocenters. The zero-order chi connectivity index (χ0) is 17.3. The van der Waals surface area contributed by atoms with E-state index in [2.05, 4.69) is 10.1 Å². The third-order valence-electron chi connectivity index (χ3n) is 4.10. The van der Waals surface area contributed by atoms with Gasteiger partial charge in [0.1, 0.15) is 11.3 Å². The highest BCUT2D eigenvalue weighted by molar-refractivity contribution is 5.96. The summed E-state index contributed by atoms with van der Waals surface area (Å²) in [5.41, 5.74) is 0.399. The Bertz CT molecular complexity index is 788. The summed E-state index contributed by atoms with van der Waals surface area (Å²) >= 11 is 0. The van der Waals surface area contributed by atoms with Gasteiger partial charge in [0, 0.05) is 37.1 Å². The first-order valence-corrected chi connectivity index (χ1v) is 7.51. The Labute approximate surface area is 138 Å². The van der Waals surface area contributed by atoms with Gasteiger partial charge in [-0.3, -0.25) is 9.48 Å². The summed E-state index contributed by atoms with van der Waals surface area (Å²) in [5.74, 6) is -1.40. The van der Waals surface area contributed by atoms with Gasteiger partial charge in [-0.15, -0.1) is 0 Å². The topological polar surface area (TPSA) is 97.6 Å². The number of pyridine rings is 1. The summed E-state index contributed by atoms with van der Waals surface area (Å²) in [6.45, 7) is 3.12. The van der Waals surface area contributed by atoms with E-state index in [1.807, 2.05) is 20.2 Å². The average Bonchev–Trinajstić information content (AvgIpc) is 3.02. The lowest BCUT2D eigenvalue weighted by molar-refractivity contribution is -0.0931. The number of amides is 1. The number of aromatic nitrogens is 3. The Morgan fingerprint density at radius 3 is 2.88 bits per heavy atom. The molecule has 0 aliphatic carbocycles. The van der Waals surface area contributed by atoms with Gasteiger partial charge in [0.05, 0.1) is 19.3 Å². The van der Waals surface area contributed by atoms with Crippen LogP contribution in [0.5, 0.6) is 0 Å². The van der Waals surface area contributed by atoms with Crippen LogP contribution in [0.15, 0.2) is 30.7 Å². The molecule has 8 nitrogen and oxygen atoms in total. The Morgan fingerprint density at radius 2 is 2.21 bits per heavy atom. The SMILES string of the molecule is Cn1cc(C2(C)CN(C(=O)c3ccnc(C(=O)O)c3)CCO2)cn1. The molecule has 0 radical (unpaired) electrons. The average molecular weight is 330 g/mol. The van der Waals surface area contributed by atoms with Crippen LogP contribution in [0, 0.1) is 0 Å². The van der Waals surface area contributed by atoms with E-state index in [9.17, 15) is 9.59 Å². The van der Waals surface area contributed by atoms with E-state index in [4.69, 9.17) is 9.84 Å². The molecule has 1 unspecified atom stereocenters. The van der Waals surface area contributed by atoms with Gasteiger partial charge in [0.15, 0.2) is 0 Å². The number of morpholine rings is 1. The molecule has 3 heterocycles. The van der Waals surface area contributed by atoms with Crippen LogP contribution in [0.1, 0.15) is 33.3 Å². The van der Waals surface area contributed by atoms with Crippen LogP contribution in [0.2, 0.25) is 0 Å². The van der Waals surface area contributed by atoms with Crippen molar-refractivity contribution in [1.82, 2.24) is 19.7 Å². The van der Waals surface area contributed by atoms with Crippen molar-refractivity contribution in [1.29, 1.82) is 0 Å². The molecule has 1 aliphatic rings. The summed E-state index contributed by atoms with van der Waals surface area (Å²) in [6, 6.07) is 2.81. The van der Waals surface area contributed by atoms with E-state index >= 15 is 0 Å². The largest absolute Gasteiger partial charge is 0.477 e. The number of carboxylic acids is 1. The lowest BCUT2D eigenvalue weighted by Crippen LogP contribution is -2.50. The standard InChI is InChI=1S/C16H18N4O4/c1-16(12-8-18-19(2)9-12)10-20(5-6-24-16)14(21)11-3-4-17-13(7-11)15(22)23/h3-4,7-9H,5-6,10H2,1-2H3,(H,22,23). The van der Waals surface area contributed by atoms with Crippen LogP contribution in [-0.2, 0) is 17.4 Å². The first-order chi connectivity index (χ1) is 11.4. The highest BCUT2D eigenvalue weighted by atomic mass is 16.5. The van der Waals surface area contributed by atoms with Crippen molar-refractivity contribution in [3.8, 4) is 0 Å². The number of ether oxygens (including phenoxy) is 1. The smallest absolute Gasteiger partial charge is 0.354 e. The third-order valence-corrected chi connectivity index (χ3v) is 4.10. The maximum absolute atomic E-state index is 12.7. The molecule has 2 aromatic rings. The number of hydrogen-bond donors (Lipinski definition) is 1. The first-order valence-electron chi connectivity index (χ1n) is 7.51. The van der Waals surface area contributed by atoms with Crippen molar-refractivity contribution in [3.05, 3.63) is 47.5 Å². The van der Waals surface area contributed by atoms with Crippen molar-refractivity contribution in [2.75, 3.05) is 19.7 Å². The van der Waals surface area contributed by atoms with Crippen molar-refractivity contribution in [3.63, 3.8) is 0 Å². The number of carbonyl (C=O) groups excluding carboxylic acids is 1. The first kappa shape index (κ1) is 16.1. The lowest BCUT2D eigenvalue weighted by Gasteiger charge is -2.40. The molecule has 0 saturated carbocycles. The van der Waals surface area contributed by atoms with Gasteiger partial charge in [-0.1, -0.05) is 0 Å². The van der Waals surface area contributed by atoms with Crippen LogP contribution < -0.4 is 0 Å². The molecule has 1 fully saturated rings. The second-order valence-corrected chi connectivity index (χ2v) is 5.94. The molecule has 24 heavy (non-hydrogen) atoms. The fourth-order valence-electron chi connectivity index (χ4n) is 2.78. The highest BCUT2D eigenvalue weighted by Gasteiger charge is 2.37. The minimum absolute atomic E-state index is 0.149. The molecule has 0 spiro atoms. The molecule has 126 valence electrons. The maximum atomic E-state index is 12.7. The Morgan fingerprint density at radius 1 is 1.42 bits per heavy atom. The summed E-state index contributed by atoms with van der Waals surface area (Å²) < 4.78 is 7.58. The summed E-state index contributed by atoms with van der Waals surface area (Å²) in [7, 11) is 1.82. The molecule has 1 aliphatic heterocycles. The molecule has 3 rings (SSSR count). The number of aryl methyl sites for hydroxylation is 1. The van der Waals surface area contributed by atoms with Crippen molar-refractivity contribution >= 4 is 11.9 Å². The minimum Gasteiger partial charge on any atom is -0.477 e. The van der Waals surface area contributed by atoms with Crippen molar-refractivity contribution in [2.45, 2.75) is 12.5 Å². The van der Waals surface area contributed by atoms with Crippen LogP contribution in [-0.4, -0.2) is 56.3 Å². The molecular weight excluding hydrogens is 312 g/mol. The minimum atomic E-state index is -1.16. The molecule has 0 bridgehead atoms.